The van der Waals surface area contributed by atoms with Crippen LogP contribution in [0.3, 0.4) is 0 Å². The zero-order valence-corrected chi connectivity index (χ0v) is 14.7. The van der Waals surface area contributed by atoms with Gasteiger partial charge in [-0.15, -0.1) is 0 Å². The first-order valence-electron chi connectivity index (χ1n) is 8.68. The van der Waals surface area contributed by atoms with Crippen LogP contribution in [0, 0.1) is 11.8 Å². The summed E-state index contributed by atoms with van der Waals surface area (Å²) in [6.07, 6.45) is 5.05. The molecular weight excluding hydrogens is 304 g/mol. The number of anilines is 1. The monoisotopic (exact) mass is 330 g/mol. The molecule has 1 fully saturated rings. The number of rotatable bonds is 6. The van der Waals surface area contributed by atoms with E-state index in [0.717, 1.165) is 43.3 Å². The van der Waals surface area contributed by atoms with E-state index >= 15 is 0 Å². The van der Waals surface area contributed by atoms with Crippen molar-refractivity contribution in [3.63, 3.8) is 0 Å². The van der Waals surface area contributed by atoms with E-state index in [1.165, 1.54) is 12.8 Å². The van der Waals surface area contributed by atoms with Gasteiger partial charge in [0.05, 0.1) is 12.2 Å². The summed E-state index contributed by atoms with van der Waals surface area (Å²) in [7, 11) is 1.77. The zero-order valence-electron chi connectivity index (χ0n) is 14.7. The van der Waals surface area contributed by atoms with Gasteiger partial charge in [0.25, 0.3) is 5.89 Å². The van der Waals surface area contributed by atoms with Crippen LogP contribution >= 0.6 is 0 Å². The lowest BCUT2D eigenvalue weighted by atomic mass is 9.99. The lowest BCUT2D eigenvalue weighted by molar-refractivity contribution is 0.143. The molecule has 0 radical (unpaired) electrons. The molecule has 3 heterocycles. The average molecular weight is 330 g/mol. The van der Waals surface area contributed by atoms with Crippen molar-refractivity contribution >= 4 is 5.82 Å². The predicted octanol–water partition coefficient (Wildman–Crippen LogP) is 3.19. The van der Waals surface area contributed by atoms with Gasteiger partial charge in [0.2, 0.25) is 0 Å². The van der Waals surface area contributed by atoms with Crippen molar-refractivity contribution in [2.75, 3.05) is 31.7 Å². The number of hydrogen-bond donors (Lipinski definition) is 0. The van der Waals surface area contributed by atoms with Crippen LogP contribution in [-0.4, -0.2) is 41.9 Å². The molecule has 0 saturated carbocycles. The SMILES string of the molecule is COC[C@@H]1CCCN(c2ccc(-c3nc(CC(C)C)no3)cn2)C1. The Morgan fingerprint density at radius 3 is 2.96 bits per heavy atom. The molecule has 0 unspecified atom stereocenters. The Labute approximate surface area is 143 Å². The van der Waals surface area contributed by atoms with Crippen LogP contribution in [0.15, 0.2) is 22.9 Å². The van der Waals surface area contributed by atoms with Gasteiger partial charge in [-0.1, -0.05) is 19.0 Å². The summed E-state index contributed by atoms with van der Waals surface area (Å²) >= 11 is 0. The smallest absolute Gasteiger partial charge is 0.259 e. The van der Waals surface area contributed by atoms with Gasteiger partial charge in [0.1, 0.15) is 5.82 Å². The topological polar surface area (TPSA) is 64.3 Å². The molecule has 0 N–H and O–H groups in total. The molecule has 0 spiro atoms. The van der Waals surface area contributed by atoms with Gasteiger partial charge in [0, 0.05) is 32.8 Å². The normalized spacial score (nSPS) is 18.3. The Morgan fingerprint density at radius 2 is 2.25 bits per heavy atom. The summed E-state index contributed by atoms with van der Waals surface area (Å²) in [4.78, 5) is 11.4. The molecule has 0 aliphatic carbocycles. The van der Waals surface area contributed by atoms with Gasteiger partial charge >= 0.3 is 0 Å². The lowest BCUT2D eigenvalue weighted by Gasteiger charge is -2.33. The molecule has 1 aliphatic rings. The molecule has 1 saturated heterocycles. The maximum atomic E-state index is 5.35. The molecule has 24 heavy (non-hydrogen) atoms. The van der Waals surface area contributed by atoms with Crippen LogP contribution < -0.4 is 4.90 Å². The van der Waals surface area contributed by atoms with E-state index in [1.54, 1.807) is 7.11 Å². The van der Waals surface area contributed by atoms with Crippen molar-refractivity contribution in [1.29, 1.82) is 0 Å². The summed E-state index contributed by atoms with van der Waals surface area (Å²) < 4.78 is 10.7. The Morgan fingerprint density at radius 1 is 1.38 bits per heavy atom. The Hall–Kier alpha value is -1.95. The van der Waals surface area contributed by atoms with E-state index in [2.05, 4.69) is 33.9 Å². The van der Waals surface area contributed by atoms with Gasteiger partial charge < -0.3 is 14.2 Å². The molecule has 3 rings (SSSR count). The average Bonchev–Trinajstić information content (AvgIpc) is 3.03. The number of ether oxygens (including phenoxy) is 1. The first-order chi connectivity index (χ1) is 11.7. The molecule has 1 aliphatic heterocycles. The van der Waals surface area contributed by atoms with E-state index in [4.69, 9.17) is 9.26 Å². The van der Waals surface area contributed by atoms with Crippen LogP contribution in [0.25, 0.3) is 11.5 Å². The summed E-state index contributed by atoms with van der Waals surface area (Å²) in [5, 5.41) is 4.04. The minimum Gasteiger partial charge on any atom is -0.384 e. The number of piperidine rings is 1. The second-order valence-electron chi connectivity index (χ2n) is 6.93. The van der Waals surface area contributed by atoms with Crippen LogP contribution in [0.5, 0.6) is 0 Å². The standard InChI is InChI=1S/C18H26N4O2/c1-13(2)9-16-20-18(24-21-16)15-6-7-17(19-10-15)22-8-4-5-14(11-22)12-23-3/h6-7,10,13-14H,4-5,8-9,11-12H2,1-3H3/t14-/m1/s1. The molecule has 0 aromatic carbocycles. The van der Waals surface area contributed by atoms with Gasteiger partial charge in [0.15, 0.2) is 5.82 Å². The summed E-state index contributed by atoms with van der Waals surface area (Å²) in [6.45, 7) is 7.14. The first-order valence-corrected chi connectivity index (χ1v) is 8.68. The van der Waals surface area contributed by atoms with Gasteiger partial charge in [-0.05, 0) is 36.8 Å². The number of nitrogens with zero attached hydrogens (tertiary/aromatic N) is 4. The fourth-order valence-corrected chi connectivity index (χ4v) is 3.16. The lowest BCUT2D eigenvalue weighted by Crippen LogP contribution is -2.37. The second-order valence-corrected chi connectivity index (χ2v) is 6.93. The van der Waals surface area contributed by atoms with E-state index < -0.39 is 0 Å². The van der Waals surface area contributed by atoms with Crippen molar-refractivity contribution in [3.05, 3.63) is 24.2 Å². The fourth-order valence-electron chi connectivity index (χ4n) is 3.16. The number of methoxy groups -OCH3 is 1. The van der Waals surface area contributed by atoms with Gasteiger partial charge in [-0.3, -0.25) is 0 Å². The van der Waals surface area contributed by atoms with E-state index in [0.29, 0.717) is 17.7 Å². The van der Waals surface area contributed by atoms with Crippen molar-refractivity contribution in [2.24, 2.45) is 11.8 Å². The third-order valence-corrected chi connectivity index (χ3v) is 4.30. The van der Waals surface area contributed by atoms with Gasteiger partial charge in [-0.2, -0.15) is 4.98 Å². The molecule has 0 bridgehead atoms. The van der Waals surface area contributed by atoms with Gasteiger partial charge in [-0.25, -0.2) is 4.98 Å². The van der Waals surface area contributed by atoms with E-state index in [9.17, 15) is 0 Å². The quantitative estimate of drug-likeness (QED) is 0.810. The van der Waals surface area contributed by atoms with E-state index in [-0.39, 0.29) is 0 Å². The minimum atomic E-state index is 0.509. The maximum absolute atomic E-state index is 5.35. The zero-order chi connectivity index (χ0) is 16.9. The highest BCUT2D eigenvalue weighted by Gasteiger charge is 2.21. The Balaban J connectivity index is 1.67. The second kappa shape index (κ2) is 7.75. The first kappa shape index (κ1) is 16.9. The Bertz CT molecular complexity index is 637. The van der Waals surface area contributed by atoms with Crippen molar-refractivity contribution in [2.45, 2.75) is 33.1 Å². The maximum Gasteiger partial charge on any atom is 0.259 e. The third-order valence-electron chi connectivity index (χ3n) is 4.30. The molecule has 130 valence electrons. The third kappa shape index (κ3) is 4.12. The minimum absolute atomic E-state index is 0.509. The number of pyridine rings is 1. The van der Waals surface area contributed by atoms with Crippen LogP contribution in [0.1, 0.15) is 32.5 Å². The molecule has 0 amide bonds. The van der Waals surface area contributed by atoms with Crippen LogP contribution in [0.2, 0.25) is 0 Å². The summed E-state index contributed by atoms with van der Waals surface area (Å²) in [5.74, 6) is 3.39. The number of aromatic nitrogens is 3. The molecule has 2 aromatic rings. The largest absolute Gasteiger partial charge is 0.384 e. The Kier molecular flexibility index (Phi) is 5.45. The number of hydrogen-bond acceptors (Lipinski definition) is 6. The van der Waals surface area contributed by atoms with Crippen LogP contribution in [0.4, 0.5) is 5.82 Å². The molecule has 6 nitrogen and oxygen atoms in total. The highest BCUT2D eigenvalue weighted by molar-refractivity contribution is 5.54. The van der Waals surface area contributed by atoms with Crippen molar-refractivity contribution < 1.29 is 9.26 Å². The van der Waals surface area contributed by atoms with Crippen LogP contribution in [-0.2, 0) is 11.2 Å². The highest BCUT2D eigenvalue weighted by atomic mass is 16.5. The van der Waals surface area contributed by atoms with Crippen molar-refractivity contribution in [3.8, 4) is 11.5 Å². The molecule has 1 atom stereocenters. The summed E-state index contributed by atoms with van der Waals surface area (Å²) in [6, 6.07) is 4.05. The molecule has 2 aromatic heterocycles. The highest BCUT2D eigenvalue weighted by Crippen LogP contribution is 2.24. The van der Waals surface area contributed by atoms with Crippen molar-refractivity contribution in [1.82, 2.24) is 15.1 Å². The van der Waals surface area contributed by atoms with E-state index in [1.807, 2.05) is 18.3 Å². The summed E-state index contributed by atoms with van der Waals surface area (Å²) in [5.41, 5.74) is 0.867. The predicted molar refractivity (Wildman–Crippen MR) is 92.9 cm³/mol. The molecule has 6 heteroatoms. The molecular formula is C18H26N4O2. The fraction of sp³-hybridized carbons (Fsp3) is 0.611.